The summed E-state index contributed by atoms with van der Waals surface area (Å²) in [5, 5.41) is 74.8. The zero-order chi connectivity index (χ0) is 46.6. The Morgan fingerprint density at radius 3 is 1.41 bits per heavy atom. The lowest BCUT2D eigenvalue weighted by Crippen LogP contribution is -2.64. The molecule has 372 valence electrons. The van der Waals surface area contributed by atoms with Crippen LogP contribution >= 0.6 is 7.82 Å². The van der Waals surface area contributed by atoms with Crippen LogP contribution in [0.1, 0.15) is 219 Å². The molecular weight excluding hydrogens is 826 g/mol. The number of phosphoric acid groups is 1. The summed E-state index contributed by atoms with van der Waals surface area (Å²) < 4.78 is 23.0. The van der Waals surface area contributed by atoms with Crippen LogP contribution in [0.5, 0.6) is 0 Å². The molecule has 0 aromatic carbocycles. The second-order valence-electron chi connectivity index (χ2n) is 18.2. The first kappa shape index (κ1) is 59.8. The van der Waals surface area contributed by atoms with E-state index in [0.717, 1.165) is 77.0 Å². The van der Waals surface area contributed by atoms with E-state index in [0.29, 0.717) is 12.8 Å². The zero-order valence-corrected chi connectivity index (χ0v) is 40.4. The average molecular weight is 920 g/mol. The Hall–Kier alpha value is -1.22. The Kier molecular flexibility index (Phi) is 36.9. The number of hydrogen-bond donors (Lipinski definition) is 9. The van der Waals surface area contributed by atoms with Gasteiger partial charge in [0.05, 0.1) is 31.3 Å². The zero-order valence-electron chi connectivity index (χ0n) is 39.5. The lowest BCUT2D eigenvalue weighted by Gasteiger charge is -2.41. The second kappa shape index (κ2) is 38.8. The molecule has 0 aliphatic heterocycles. The van der Waals surface area contributed by atoms with Crippen molar-refractivity contribution in [3.8, 4) is 0 Å². The summed E-state index contributed by atoms with van der Waals surface area (Å²) in [6.45, 7) is 3.78. The third kappa shape index (κ3) is 30.6. The number of aliphatic hydroxyl groups is 7. The van der Waals surface area contributed by atoms with Crippen molar-refractivity contribution < 1.29 is 59.0 Å². The average Bonchev–Trinajstić information content (AvgIpc) is 3.26. The third-order valence-electron chi connectivity index (χ3n) is 12.3. The van der Waals surface area contributed by atoms with Gasteiger partial charge in [-0.2, -0.15) is 0 Å². The Labute approximate surface area is 382 Å². The van der Waals surface area contributed by atoms with E-state index >= 15 is 0 Å². The van der Waals surface area contributed by atoms with Crippen LogP contribution in [0.3, 0.4) is 0 Å². The minimum Gasteiger partial charge on any atom is -0.393 e. The highest BCUT2D eigenvalue weighted by molar-refractivity contribution is 7.47. The summed E-state index contributed by atoms with van der Waals surface area (Å²) in [5.41, 5.74) is 0. The fraction of sp³-hybridized carbons (Fsp3) is 0.898. The van der Waals surface area contributed by atoms with Crippen LogP contribution < -0.4 is 5.32 Å². The first-order chi connectivity index (χ1) is 30.3. The van der Waals surface area contributed by atoms with Gasteiger partial charge in [0, 0.05) is 0 Å². The van der Waals surface area contributed by atoms with Gasteiger partial charge in [-0.1, -0.05) is 192 Å². The van der Waals surface area contributed by atoms with Crippen molar-refractivity contribution >= 4 is 13.7 Å². The van der Waals surface area contributed by atoms with E-state index in [1.807, 2.05) is 0 Å². The number of aliphatic hydroxyl groups excluding tert-OH is 7. The monoisotopic (exact) mass is 920 g/mol. The first-order valence-corrected chi connectivity index (χ1v) is 26.9. The molecule has 9 N–H and O–H groups in total. The van der Waals surface area contributed by atoms with Gasteiger partial charge in [0.25, 0.3) is 0 Å². The Bertz CT molecular complexity index is 1180. The fourth-order valence-electron chi connectivity index (χ4n) is 8.16. The van der Waals surface area contributed by atoms with Crippen LogP contribution in [-0.2, 0) is 18.4 Å². The normalized spacial score (nSPS) is 23.0. The van der Waals surface area contributed by atoms with Gasteiger partial charge >= 0.3 is 7.82 Å². The summed E-state index contributed by atoms with van der Waals surface area (Å²) in [6.07, 6.45) is 29.3. The lowest BCUT2D eigenvalue weighted by molar-refractivity contribution is -0.220. The predicted molar refractivity (Wildman–Crippen MR) is 252 cm³/mol. The molecule has 1 aliphatic carbocycles. The van der Waals surface area contributed by atoms with Crippen molar-refractivity contribution in [2.45, 2.75) is 274 Å². The molecule has 0 bridgehead atoms. The van der Waals surface area contributed by atoms with Crippen LogP contribution in [0, 0.1) is 0 Å². The quantitative estimate of drug-likeness (QED) is 0.0159. The van der Waals surface area contributed by atoms with E-state index in [4.69, 9.17) is 9.05 Å². The number of carbonyl (C=O) groups excluding carboxylic acids is 1. The standard InChI is InChI=1S/C49H94NO12P/c1-3-5-7-9-11-13-15-17-19-20-21-23-25-27-29-31-33-35-37-42(52)41(39-61-63(59,60)62-49-47(57)45(55)44(54)46(56)48(49)58)50-43(53)38-40(51)36-34-32-30-28-26-24-22-18-16-14-12-10-8-6-4-2/h12,14,18,22,40-42,44-49,51-52,54-58H,3-11,13,15-17,19-21,23-39H2,1-2H3,(H,50,53)(H,59,60)/b14-12-,22-18-. The smallest absolute Gasteiger partial charge is 0.393 e. The highest BCUT2D eigenvalue weighted by Crippen LogP contribution is 2.47. The molecule has 1 saturated carbocycles. The molecule has 8 unspecified atom stereocenters. The van der Waals surface area contributed by atoms with Crippen LogP contribution in [0.25, 0.3) is 0 Å². The Morgan fingerprint density at radius 1 is 0.556 bits per heavy atom. The molecule has 63 heavy (non-hydrogen) atoms. The molecule has 8 atom stereocenters. The summed E-state index contributed by atoms with van der Waals surface area (Å²) in [7, 11) is -5.12. The highest BCUT2D eigenvalue weighted by Gasteiger charge is 2.51. The molecule has 13 nitrogen and oxygen atoms in total. The highest BCUT2D eigenvalue weighted by atomic mass is 31.2. The van der Waals surface area contributed by atoms with Gasteiger partial charge < -0.3 is 46.0 Å². The van der Waals surface area contributed by atoms with E-state index in [1.165, 1.54) is 103 Å². The molecule has 1 amide bonds. The van der Waals surface area contributed by atoms with Crippen molar-refractivity contribution in [1.82, 2.24) is 5.32 Å². The number of unbranched alkanes of at least 4 members (excludes halogenated alkanes) is 25. The van der Waals surface area contributed by atoms with Crippen molar-refractivity contribution in [2.24, 2.45) is 0 Å². The van der Waals surface area contributed by atoms with Crippen molar-refractivity contribution in [2.75, 3.05) is 6.61 Å². The van der Waals surface area contributed by atoms with Crippen LogP contribution in [0.2, 0.25) is 0 Å². The maximum Gasteiger partial charge on any atom is 0.472 e. The van der Waals surface area contributed by atoms with Gasteiger partial charge in [-0.15, -0.1) is 0 Å². The summed E-state index contributed by atoms with van der Waals surface area (Å²) in [6, 6.07) is -1.16. The van der Waals surface area contributed by atoms with Gasteiger partial charge in [0.2, 0.25) is 5.91 Å². The molecule has 0 saturated heterocycles. The SMILES string of the molecule is CCCCC/C=C\C/C=C\CCCCCCCC(O)CC(=O)NC(COP(=O)(O)OC1C(O)C(O)C(O)C(O)C1O)C(O)CCCCCCCCCCCCCCCCCCCC. The topological polar surface area (TPSA) is 226 Å². The van der Waals surface area contributed by atoms with E-state index in [-0.39, 0.29) is 12.8 Å². The van der Waals surface area contributed by atoms with Crippen LogP contribution in [-0.4, -0.2) is 108 Å². The Morgan fingerprint density at radius 2 is 0.937 bits per heavy atom. The van der Waals surface area contributed by atoms with Gasteiger partial charge in [0.15, 0.2) is 0 Å². The maximum absolute atomic E-state index is 13.0. The number of amides is 1. The molecule has 0 aromatic heterocycles. The van der Waals surface area contributed by atoms with Gasteiger partial charge in [-0.05, 0) is 44.9 Å². The molecule has 0 spiro atoms. The minimum absolute atomic E-state index is 0.230. The van der Waals surface area contributed by atoms with Crippen molar-refractivity contribution in [3.05, 3.63) is 24.3 Å². The first-order valence-electron chi connectivity index (χ1n) is 25.4. The number of carbonyl (C=O) groups is 1. The van der Waals surface area contributed by atoms with E-state index < -0.39 is 75.2 Å². The molecule has 0 aromatic rings. The number of allylic oxidation sites excluding steroid dienone is 4. The third-order valence-corrected chi connectivity index (χ3v) is 13.3. The molecule has 1 aliphatic rings. The number of nitrogens with one attached hydrogen (secondary N) is 1. The summed E-state index contributed by atoms with van der Waals surface area (Å²) in [4.78, 5) is 23.5. The summed E-state index contributed by atoms with van der Waals surface area (Å²) >= 11 is 0. The van der Waals surface area contributed by atoms with Crippen molar-refractivity contribution in [1.29, 1.82) is 0 Å². The molecule has 0 heterocycles. The predicted octanol–water partition coefficient (Wildman–Crippen LogP) is 9.15. The second-order valence-corrected chi connectivity index (χ2v) is 19.6. The maximum atomic E-state index is 13.0. The fourth-order valence-corrected chi connectivity index (χ4v) is 9.13. The van der Waals surface area contributed by atoms with Gasteiger partial charge in [-0.25, -0.2) is 4.57 Å². The molecule has 1 rings (SSSR count). The minimum atomic E-state index is -5.12. The van der Waals surface area contributed by atoms with E-state index in [9.17, 15) is 50.0 Å². The van der Waals surface area contributed by atoms with Crippen LogP contribution in [0.4, 0.5) is 0 Å². The molecule has 0 radical (unpaired) electrons. The molecule has 14 heteroatoms. The van der Waals surface area contributed by atoms with Crippen LogP contribution in [0.15, 0.2) is 24.3 Å². The molecular formula is C49H94NO12P. The van der Waals surface area contributed by atoms with Gasteiger partial charge in [0.1, 0.15) is 36.6 Å². The number of hydrogen-bond acceptors (Lipinski definition) is 11. The van der Waals surface area contributed by atoms with Gasteiger partial charge in [-0.3, -0.25) is 13.8 Å². The Balaban J connectivity index is 2.49. The van der Waals surface area contributed by atoms with E-state index in [2.05, 4.69) is 43.5 Å². The molecule has 1 fully saturated rings. The van der Waals surface area contributed by atoms with Crippen molar-refractivity contribution in [3.63, 3.8) is 0 Å². The lowest BCUT2D eigenvalue weighted by atomic mass is 9.85. The number of phosphoric ester groups is 1. The van der Waals surface area contributed by atoms with E-state index in [1.54, 1.807) is 0 Å². The largest absolute Gasteiger partial charge is 0.472 e. The number of rotatable bonds is 42. The summed E-state index contributed by atoms with van der Waals surface area (Å²) in [5.74, 6) is -0.567.